The number of hydrogen-bond acceptors (Lipinski definition) is 7. The van der Waals surface area contributed by atoms with E-state index in [1.54, 1.807) is 30.3 Å². The van der Waals surface area contributed by atoms with Gasteiger partial charge in [-0.2, -0.15) is 0 Å². The summed E-state index contributed by atoms with van der Waals surface area (Å²) in [7, 11) is -3.63. The van der Waals surface area contributed by atoms with Crippen LogP contribution in [-0.4, -0.2) is 78.5 Å². The third-order valence-corrected chi connectivity index (χ3v) is 7.27. The first-order chi connectivity index (χ1) is 16.4. The highest BCUT2D eigenvalue weighted by Crippen LogP contribution is 2.20. The largest absolute Gasteiger partial charge is 0.384 e. The quantitative estimate of drug-likeness (QED) is 0.184. The predicted octanol–water partition coefficient (Wildman–Crippen LogP) is 0.925. The van der Waals surface area contributed by atoms with Crippen LogP contribution in [-0.2, 0) is 21.2 Å². The van der Waals surface area contributed by atoms with Crippen molar-refractivity contribution in [1.82, 2.24) is 29.6 Å². The highest BCUT2D eigenvalue weighted by Gasteiger charge is 2.17. The van der Waals surface area contributed by atoms with Crippen molar-refractivity contribution in [1.29, 1.82) is 5.41 Å². The predicted molar refractivity (Wildman–Crippen MR) is 128 cm³/mol. The lowest BCUT2D eigenvalue weighted by molar-refractivity contribution is 0.0390. The second-order valence-corrected chi connectivity index (χ2v) is 9.99. The maximum Gasteiger partial charge on any atom is 0.240 e. The van der Waals surface area contributed by atoms with Crippen LogP contribution in [0.3, 0.4) is 0 Å². The summed E-state index contributed by atoms with van der Waals surface area (Å²) in [6.07, 6.45) is 0.415. The number of rotatable bonds is 8. The van der Waals surface area contributed by atoms with E-state index in [0.717, 1.165) is 24.1 Å². The van der Waals surface area contributed by atoms with Gasteiger partial charge in [-0.3, -0.25) is 10.3 Å². The second-order valence-electron chi connectivity index (χ2n) is 8.22. The lowest BCUT2D eigenvalue weighted by Gasteiger charge is -2.26. The highest BCUT2D eigenvalue weighted by molar-refractivity contribution is 7.89. The van der Waals surface area contributed by atoms with Crippen molar-refractivity contribution in [3.8, 4) is 0 Å². The number of nitrogen functional groups attached to an aromatic ring is 1. The number of ether oxygens (including phenoxy) is 1. The molecule has 2 aromatic heterocycles. The third-order valence-electron chi connectivity index (χ3n) is 5.81. The van der Waals surface area contributed by atoms with Crippen LogP contribution < -0.4 is 10.5 Å². The number of morpholine rings is 1. The van der Waals surface area contributed by atoms with Crippen LogP contribution in [0.4, 0.5) is 0 Å². The summed E-state index contributed by atoms with van der Waals surface area (Å²) in [6, 6.07) is 10.2. The molecule has 0 amide bonds. The Kier molecular flexibility index (Phi) is 6.04. The van der Waals surface area contributed by atoms with E-state index in [1.807, 2.05) is 6.07 Å². The van der Waals surface area contributed by atoms with Gasteiger partial charge in [0.1, 0.15) is 17.5 Å². The minimum atomic E-state index is -3.63. The lowest BCUT2D eigenvalue weighted by Crippen LogP contribution is -2.41. The molecule has 0 saturated carbocycles. The number of aromatic nitrogens is 4. The van der Waals surface area contributed by atoms with Crippen molar-refractivity contribution in [3.05, 3.63) is 53.6 Å². The van der Waals surface area contributed by atoms with Crippen molar-refractivity contribution in [2.24, 2.45) is 5.73 Å². The third kappa shape index (κ3) is 4.80. The van der Waals surface area contributed by atoms with Gasteiger partial charge in [-0.05, 0) is 36.4 Å². The number of amidine groups is 1. The molecule has 0 aliphatic carbocycles. The Morgan fingerprint density at radius 3 is 2.38 bits per heavy atom. The van der Waals surface area contributed by atoms with Crippen LogP contribution in [0.5, 0.6) is 0 Å². The first-order valence-corrected chi connectivity index (χ1v) is 12.5. The average Bonchev–Trinajstić information content (AvgIpc) is 3.41. The van der Waals surface area contributed by atoms with Crippen LogP contribution in [0, 0.1) is 5.41 Å². The van der Waals surface area contributed by atoms with E-state index in [-0.39, 0.29) is 10.7 Å². The summed E-state index contributed by atoms with van der Waals surface area (Å²) in [5, 5.41) is 7.58. The Hall–Kier alpha value is -3.32. The smallest absolute Gasteiger partial charge is 0.240 e. The molecule has 34 heavy (non-hydrogen) atoms. The molecule has 12 heteroatoms. The van der Waals surface area contributed by atoms with Gasteiger partial charge >= 0.3 is 0 Å². The molecule has 0 unspecified atom stereocenters. The number of imidazole rings is 2. The van der Waals surface area contributed by atoms with Crippen LogP contribution in [0.1, 0.15) is 17.2 Å². The average molecular weight is 483 g/mol. The molecule has 1 aliphatic rings. The summed E-state index contributed by atoms with van der Waals surface area (Å²) in [6.45, 7) is 3.97. The first-order valence-electron chi connectivity index (χ1n) is 11.0. The Bertz CT molecular complexity index is 1450. The SMILES string of the molecule is N=C(N)c1ccc2nc(Cc3nc4ccc(S(=O)(=O)NCCN5CCOCC5)cc4[nH]3)[nH]c2c1. The zero-order valence-corrected chi connectivity index (χ0v) is 19.3. The molecule has 0 bridgehead atoms. The van der Waals surface area contributed by atoms with Gasteiger partial charge in [0.2, 0.25) is 10.0 Å². The summed E-state index contributed by atoms with van der Waals surface area (Å²) < 4.78 is 33.5. The van der Waals surface area contributed by atoms with Gasteiger partial charge in [-0.25, -0.2) is 23.1 Å². The molecule has 11 nitrogen and oxygen atoms in total. The zero-order valence-electron chi connectivity index (χ0n) is 18.5. The minimum absolute atomic E-state index is 0.00308. The normalized spacial score (nSPS) is 15.3. The zero-order chi connectivity index (χ0) is 23.7. The van der Waals surface area contributed by atoms with Crippen molar-refractivity contribution in [2.45, 2.75) is 11.3 Å². The number of nitrogens with one attached hydrogen (secondary N) is 4. The summed E-state index contributed by atoms with van der Waals surface area (Å²) in [5.74, 6) is 1.36. The number of aromatic amines is 2. The molecule has 6 N–H and O–H groups in total. The van der Waals surface area contributed by atoms with Crippen LogP contribution >= 0.6 is 0 Å². The molecule has 1 fully saturated rings. The topological polar surface area (TPSA) is 166 Å². The number of nitrogens with two attached hydrogens (primary N) is 1. The molecule has 2 aromatic carbocycles. The van der Waals surface area contributed by atoms with E-state index in [9.17, 15) is 8.42 Å². The first kappa shape index (κ1) is 22.5. The van der Waals surface area contributed by atoms with Crippen LogP contribution in [0.2, 0.25) is 0 Å². The van der Waals surface area contributed by atoms with Crippen LogP contribution in [0.25, 0.3) is 22.1 Å². The van der Waals surface area contributed by atoms with Gasteiger partial charge in [0.15, 0.2) is 0 Å². The summed E-state index contributed by atoms with van der Waals surface area (Å²) in [5.41, 5.74) is 9.06. The van der Waals surface area contributed by atoms with E-state index >= 15 is 0 Å². The fraction of sp³-hybridized carbons (Fsp3) is 0.318. The van der Waals surface area contributed by atoms with Gasteiger partial charge in [0.25, 0.3) is 0 Å². The Morgan fingerprint density at radius 2 is 1.71 bits per heavy atom. The second kappa shape index (κ2) is 9.14. The van der Waals surface area contributed by atoms with Crippen LogP contribution in [0.15, 0.2) is 41.3 Å². The molecule has 1 saturated heterocycles. The molecule has 1 aliphatic heterocycles. The van der Waals surface area contributed by atoms with Crippen molar-refractivity contribution in [2.75, 3.05) is 39.4 Å². The Labute approximate surface area is 196 Å². The maximum absolute atomic E-state index is 12.8. The monoisotopic (exact) mass is 482 g/mol. The summed E-state index contributed by atoms with van der Waals surface area (Å²) in [4.78, 5) is 17.9. The van der Waals surface area contributed by atoms with Crippen molar-refractivity contribution in [3.63, 3.8) is 0 Å². The van der Waals surface area contributed by atoms with Gasteiger partial charge < -0.3 is 20.4 Å². The number of H-pyrrole nitrogens is 2. The van der Waals surface area contributed by atoms with E-state index in [1.165, 1.54) is 0 Å². The minimum Gasteiger partial charge on any atom is -0.384 e. The number of fused-ring (bicyclic) bond motifs is 2. The number of sulfonamides is 1. The van der Waals surface area contributed by atoms with Gasteiger partial charge in [0.05, 0.1) is 46.6 Å². The molecule has 178 valence electrons. The Morgan fingerprint density at radius 1 is 1.06 bits per heavy atom. The molecule has 4 aromatic rings. The van der Waals surface area contributed by atoms with Crippen molar-refractivity contribution >= 4 is 37.9 Å². The van der Waals surface area contributed by atoms with Gasteiger partial charge in [0, 0.05) is 31.7 Å². The number of nitrogens with zero attached hydrogens (tertiary/aromatic N) is 3. The fourth-order valence-corrected chi connectivity index (χ4v) is 5.06. The lowest BCUT2D eigenvalue weighted by atomic mass is 10.2. The molecule has 3 heterocycles. The fourth-order valence-electron chi connectivity index (χ4n) is 4.01. The van der Waals surface area contributed by atoms with E-state index in [0.29, 0.717) is 61.0 Å². The number of hydrogen-bond donors (Lipinski definition) is 5. The molecule has 0 radical (unpaired) electrons. The highest BCUT2D eigenvalue weighted by atomic mass is 32.2. The van der Waals surface area contributed by atoms with E-state index < -0.39 is 10.0 Å². The molecular formula is C22H26N8O3S. The van der Waals surface area contributed by atoms with E-state index in [4.69, 9.17) is 15.9 Å². The standard InChI is InChI=1S/C22H26N8O3S/c23-22(24)14-1-3-16-18(11-14)28-20(26-16)13-21-27-17-4-2-15(12-19(17)29-21)34(31,32)25-5-6-30-7-9-33-10-8-30/h1-4,11-12,25H,5-10,13H2,(H3,23,24)(H,26,28)(H,27,29). The molecular weight excluding hydrogens is 456 g/mol. The molecule has 0 atom stereocenters. The Balaban J connectivity index is 1.29. The maximum atomic E-state index is 12.8. The van der Waals surface area contributed by atoms with Gasteiger partial charge in [-0.15, -0.1) is 0 Å². The summed E-state index contributed by atoms with van der Waals surface area (Å²) >= 11 is 0. The van der Waals surface area contributed by atoms with Gasteiger partial charge in [-0.1, -0.05) is 0 Å². The molecule has 0 spiro atoms. The number of benzene rings is 2. The van der Waals surface area contributed by atoms with E-state index in [2.05, 4.69) is 29.6 Å². The van der Waals surface area contributed by atoms with Crippen molar-refractivity contribution < 1.29 is 13.2 Å². The molecule has 5 rings (SSSR count).